The standard InChI is InChI=1S/C17H30ClN5/c1-19-17(20-8-4-5-9-23-10-6-7-11-23)22(3)14-16-12-15(18)13-21(16)2/h12-13H,4-11,14H2,1-3H3,(H,19,20). The first-order chi connectivity index (χ1) is 11.1. The van der Waals surface area contributed by atoms with Crippen molar-refractivity contribution in [2.75, 3.05) is 40.3 Å². The maximum absolute atomic E-state index is 6.05. The number of likely N-dealkylation sites (tertiary alicyclic amines) is 1. The Bertz CT molecular complexity index is 505. The van der Waals surface area contributed by atoms with Crippen LogP contribution in [0, 0.1) is 0 Å². The first-order valence-electron chi connectivity index (χ1n) is 8.55. The van der Waals surface area contributed by atoms with E-state index in [-0.39, 0.29) is 0 Å². The molecule has 0 atom stereocenters. The molecule has 1 aliphatic rings. The van der Waals surface area contributed by atoms with Crippen LogP contribution in [0.4, 0.5) is 0 Å². The zero-order chi connectivity index (χ0) is 16.7. The molecule has 0 aliphatic carbocycles. The number of hydrogen-bond acceptors (Lipinski definition) is 2. The number of nitrogens with zero attached hydrogens (tertiary/aromatic N) is 4. The summed E-state index contributed by atoms with van der Waals surface area (Å²) in [5, 5.41) is 4.23. The van der Waals surface area contributed by atoms with Crippen LogP contribution in [0.15, 0.2) is 17.3 Å². The van der Waals surface area contributed by atoms with Crippen molar-refractivity contribution < 1.29 is 0 Å². The Balaban J connectivity index is 1.68. The Labute approximate surface area is 145 Å². The molecule has 23 heavy (non-hydrogen) atoms. The molecule has 130 valence electrons. The lowest BCUT2D eigenvalue weighted by atomic mass is 10.3. The van der Waals surface area contributed by atoms with Gasteiger partial charge in [0.15, 0.2) is 5.96 Å². The van der Waals surface area contributed by atoms with Crippen LogP contribution in [0.5, 0.6) is 0 Å². The number of guanidine groups is 1. The minimum absolute atomic E-state index is 0.778. The zero-order valence-electron chi connectivity index (χ0n) is 14.7. The van der Waals surface area contributed by atoms with Crippen molar-refractivity contribution in [3.63, 3.8) is 0 Å². The van der Waals surface area contributed by atoms with Gasteiger partial charge < -0.3 is 19.7 Å². The third-order valence-electron chi connectivity index (χ3n) is 4.43. The van der Waals surface area contributed by atoms with Gasteiger partial charge in [-0.1, -0.05) is 11.6 Å². The molecule has 0 bridgehead atoms. The number of unbranched alkanes of at least 4 members (excludes halogenated alkanes) is 1. The van der Waals surface area contributed by atoms with E-state index >= 15 is 0 Å². The maximum Gasteiger partial charge on any atom is 0.193 e. The Morgan fingerprint density at radius 3 is 2.70 bits per heavy atom. The van der Waals surface area contributed by atoms with Gasteiger partial charge in [0, 0.05) is 39.6 Å². The Morgan fingerprint density at radius 1 is 1.35 bits per heavy atom. The number of nitrogens with one attached hydrogen (secondary N) is 1. The van der Waals surface area contributed by atoms with E-state index in [9.17, 15) is 0 Å². The van der Waals surface area contributed by atoms with Crippen molar-refractivity contribution in [1.29, 1.82) is 0 Å². The highest BCUT2D eigenvalue weighted by molar-refractivity contribution is 6.30. The smallest absolute Gasteiger partial charge is 0.193 e. The van der Waals surface area contributed by atoms with Crippen molar-refractivity contribution in [2.45, 2.75) is 32.2 Å². The Kier molecular flexibility index (Phi) is 7.24. The van der Waals surface area contributed by atoms with Crippen LogP contribution < -0.4 is 5.32 Å². The molecule has 1 aliphatic heterocycles. The molecule has 0 amide bonds. The van der Waals surface area contributed by atoms with E-state index in [1.54, 1.807) is 0 Å². The van der Waals surface area contributed by atoms with Gasteiger partial charge in [0.05, 0.1) is 11.6 Å². The number of hydrogen-bond donors (Lipinski definition) is 1. The fraction of sp³-hybridized carbons (Fsp3) is 0.706. The molecule has 1 aromatic heterocycles. The van der Waals surface area contributed by atoms with Crippen molar-refractivity contribution in [3.05, 3.63) is 23.0 Å². The minimum Gasteiger partial charge on any atom is -0.356 e. The fourth-order valence-electron chi connectivity index (χ4n) is 3.09. The average Bonchev–Trinajstić information content (AvgIpc) is 3.13. The number of aryl methyl sites for hydroxylation is 1. The fourth-order valence-corrected chi connectivity index (χ4v) is 3.37. The molecule has 0 spiro atoms. The summed E-state index contributed by atoms with van der Waals surface area (Å²) in [5.74, 6) is 0.934. The molecule has 0 radical (unpaired) electrons. The van der Waals surface area contributed by atoms with Gasteiger partial charge in [-0.2, -0.15) is 0 Å². The van der Waals surface area contributed by atoms with Gasteiger partial charge in [-0.25, -0.2) is 0 Å². The lowest BCUT2D eigenvalue weighted by molar-refractivity contribution is 0.330. The zero-order valence-corrected chi connectivity index (χ0v) is 15.4. The number of halogens is 1. The van der Waals surface area contributed by atoms with Crippen LogP contribution >= 0.6 is 11.6 Å². The molecule has 6 heteroatoms. The maximum atomic E-state index is 6.05. The molecule has 5 nitrogen and oxygen atoms in total. The monoisotopic (exact) mass is 339 g/mol. The molecule has 1 N–H and O–H groups in total. The van der Waals surface area contributed by atoms with Crippen molar-refractivity contribution in [3.8, 4) is 0 Å². The molecule has 1 aromatic rings. The van der Waals surface area contributed by atoms with E-state index in [1.165, 1.54) is 51.0 Å². The molecule has 0 saturated carbocycles. The second kappa shape index (κ2) is 9.18. The molecule has 1 fully saturated rings. The molecule has 1 saturated heterocycles. The van der Waals surface area contributed by atoms with Gasteiger partial charge in [-0.15, -0.1) is 0 Å². The van der Waals surface area contributed by atoms with Crippen molar-refractivity contribution >= 4 is 17.6 Å². The van der Waals surface area contributed by atoms with Gasteiger partial charge in [0.1, 0.15) is 0 Å². The largest absolute Gasteiger partial charge is 0.356 e. The molecule has 2 heterocycles. The van der Waals surface area contributed by atoms with E-state index < -0.39 is 0 Å². The number of rotatable bonds is 7. The topological polar surface area (TPSA) is 35.8 Å². The van der Waals surface area contributed by atoms with Crippen LogP contribution in [0.3, 0.4) is 0 Å². The predicted molar refractivity (Wildman–Crippen MR) is 98.2 cm³/mol. The second-order valence-electron chi connectivity index (χ2n) is 6.35. The Morgan fingerprint density at radius 2 is 2.09 bits per heavy atom. The van der Waals surface area contributed by atoms with Crippen LogP contribution in [0.1, 0.15) is 31.4 Å². The average molecular weight is 340 g/mol. The molecule has 0 aromatic carbocycles. The summed E-state index contributed by atoms with van der Waals surface area (Å²) in [5.41, 5.74) is 1.18. The summed E-state index contributed by atoms with van der Waals surface area (Å²) < 4.78 is 2.06. The van der Waals surface area contributed by atoms with Gasteiger partial charge in [0.25, 0.3) is 0 Å². The van der Waals surface area contributed by atoms with Gasteiger partial charge >= 0.3 is 0 Å². The van der Waals surface area contributed by atoms with Gasteiger partial charge in [0.2, 0.25) is 0 Å². The van der Waals surface area contributed by atoms with E-state index in [0.717, 1.165) is 24.1 Å². The van der Waals surface area contributed by atoms with Crippen molar-refractivity contribution in [2.24, 2.45) is 12.0 Å². The highest BCUT2D eigenvalue weighted by Crippen LogP contribution is 2.14. The molecular formula is C17H30ClN5. The lowest BCUT2D eigenvalue weighted by Crippen LogP contribution is -2.39. The van der Waals surface area contributed by atoms with Crippen molar-refractivity contribution in [1.82, 2.24) is 19.7 Å². The normalized spacial score (nSPS) is 16.1. The number of aliphatic imine (C=N–C) groups is 1. The van der Waals surface area contributed by atoms with Crippen LogP contribution in [0.2, 0.25) is 5.02 Å². The SMILES string of the molecule is CN=C(NCCCCN1CCCC1)N(C)Cc1cc(Cl)cn1C. The van der Waals surface area contributed by atoms with E-state index in [0.29, 0.717) is 0 Å². The lowest BCUT2D eigenvalue weighted by Gasteiger charge is -2.22. The third-order valence-corrected chi connectivity index (χ3v) is 4.64. The summed E-state index contributed by atoms with van der Waals surface area (Å²) in [4.78, 5) is 9.08. The summed E-state index contributed by atoms with van der Waals surface area (Å²) in [6, 6.07) is 2.00. The van der Waals surface area contributed by atoms with E-state index in [1.807, 2.05) is 26.4 Å². The third kappa shape index (κ3) is 5.74. The first kappa shape index (κ1) is 18.1. The highest BCUT2D eigenvalue weighted by Gasteiger charge is 2.11. The van der Waals surface area contributed by atoms with Crippen LogP contribution in [-0.4, -0.2) is 60.6 Å². The number of aromatic nitrogens is 1. The predicted octanol–water partition coefficient (Wildman–Crippen LogP) is 2.56. The van der Waals surface area contributed by atoms with E-state index in [4.69, 9.17) is 11.6 Å². The molecule has 0 unspecified atom stereocenters. The summed E-state index contributed by atoms with van der Waals surface area (Å²) in [6.45, 7) is 5.57. The van der Waals surface area contributed by atoms with Gasteiger partial charge in [-0.3, -0.25) is 4.99 Å². The van der Waals surface area contributed by atoms with E-state index in [2.05, 4.69) is 31.7 Å². The minimum atomic E-state index is 0.778. The first-order valence-corrected chi connectivity index (χ1v) is 8.93. The molecule has 2 rings (SSSR count). The summed E-state index contributed by atoms with van der Waals surface area (Å²) in [7, 11) is 5.91. The Hall–Kier alpha value is -1.20. The van der Waals surface area contributed by atoms with Crippen LogP contribution in [0.25, 0.3) is 0 Å². The van der Waals surface area contributed by atoms with Crippen LogP contribution in [-0.2, 0) is 13.6 Å². The highest BCUT2D eigenvalue weighted by atomic mass is 35.5. The quantitative estimate of drug-likeness (QED) is 0.471. The van der Waals surface area contributed by atoms with Gasteiger partial charge in [-0.05, 0) is 51.4 Å². The second-order valence-corrected chi connectivity index (χ2v) is 6.78. The summed E-state index contributed by atoms with van der Waals surface area (Å²) in [6.07, 6.45) is 7.11. The molecular weight excluding hydrogens is 310 g/mol. The summed E-state index contributed by atoms with van der Waals surface area (Å²) >= 11 is 6.05.